The highest BCUT2D eigenvalue weighted by molar-refractivity contribution is 7.89. The quantitative estimate of drug-likeness (QED) is 0.265. The van der Waals surface area contributed by atoms with Gasteiger partial charge in [-0.15, -0.1) is 0 Å². The molecule has 10 nitrogen and oxygen atoms in total. The van der Waals surface area contributed by atoms with E-state index in [1.807, 2.05) is 30.4 Å². The number of aromatic amines is 1. The number of nitrogens with zero attached hydrogens (tertiary/aromatic N) is 4. The van der Waals surface area contributed by atoms with Crippen LogP contribution < -0.4 is 10.6 Å². The Kier molecular flexibility index (Phi) is 7.56. The number of nitrogens with one attached hydrogen (secondary N) is 3. The number of aliphatic hydroxyl groups is 1. The molecule has 1 saturated heterocycles. The van der Waals surface area contributed by atoms with E-state index in [0.717, 1.165) is 48.0 Å². The van der Waals surface area contributed by atoms with E-state index in [1.165, 1.54) is 4.31 Å². The van der Waals surface area contributed by atoms with Gasteiger partial charge in [0.1, 0.15) is 0 Å². The van der Waals surface area contributed by atoms with Crippen molar-refractivity contribution in [1.82, 2.24) is 29.8 Å². The summed E-state index contributed by atoms with van der Waals surface area (Å²) in [6.07, 6.45) is 10.6. The lowest BCUT2D eigenvalue weighted by Gasteiger charge is -2.33. The second kappa shape index (κ2) is 11.2. The first-order valence-electron chi connectivity index (χ1n) is 12.2. The molecule has 0 unspecified atom stereocenters. The lowest BCUT2D eigenvalue weighted by molar-refractivity contribution is 0.204. The van der Waals surface area contributed by atoms with Crippen LogP contribution >= 0.6 is 0 Å². The third-order valence-corrected chi connectivity index (χ3v) is 8.37. The van der Waals surface area contributed by atoms with Crippen molar-refractivity contribution in [3.63, 3.8) is 0 Å². The fraction of sp³-hybridized carbons (Fsp3) is 0.269. The lowest BCUT2D eigenvalue weighted by atomic mass is 10.1. The van der Waals surface area contributed by atoms with E-state index >= 15 is 0 Å². The number of anilines is 2. The summed E-state index contributed by atoms with van der Waals surface area (Å²) in [6.45, 7) is 1.39. The van der Waals surface area contributed by atoms with E-state index < -0.39 is 10.0 Å². The van der Waals surface area contributed by atoms with Crippen molar-refractivity contribution in [2.75, 3.05) is 31.6 Å². The van der Waals surface area contributed by atoms with Crippen LogP contribution in [0.4, 0.5) is 11.6 Å². The summed E-state index contributed by atoms with van der Waals surface area (Å²) in [5, 5.41) is 23.9. The SMILES string of the molecule is O=S(=O)(c1ccc(Nc2ncc(C=Cc3cccc4[nH]ncc34)cn2)cc1)N(CCO)C1CCNCC1. The van der Waals surface area contributed by atoms with Crippen LogP contribution in [0.2, 0.25) is 0 Å². The van der Waals surface area contributed by atoms with Crippen LogP contribution in [-0.4, -0.2) is 70.3 Å². The highest BCUT2D eigenvalue weighted by Gasteiger charge is 2.31. The number of benzene rings is 2. The van der Waals surface area contributed by atoms with Gasteiger partial charge in [0.2, 0.25) is 16.0 Å². The second-order valence-electron chi connectivity index (χ2n) is 8.82. The van der Waals surface area contributed by atoms with E-state index in [9.17, 15) is 13.5 Å². The van der Waals surface area contributed by atoms with Crippen molar-refractivity contribution in [3.8, 4) is 0 Å². The number of sulfonamides is 1. The van der Waals surface area contributed by atoms with Gasteiger partial charge in [-0.1, -0.05) is 24.3 Å². The Bertz CT molecular complexity index is 1460. The molecule has 192 valence electrons. The van der Waals surface area contributed by atoms with E-state index in [0.29, 0.717) is 11.6 Å². The molecule has 4 N–H and O–H groups in total. The van der Waals surface area contributed by atoms with Gasteiger partial charge < -0.3 is 15.7 Å². The van der Waals surface area contributed by atoms with Gasteiger partial charge in [-0.3, -0.25) is 5.10 Å². The summed E-state index contributed by atoms with van der Waals surface area (Å²) in [5.41, 5.74) is 3.53. The van der Waals surface area contributed by atoms with E-state index in [1.54, 1.807) is 42.9 Å². The van der Waals surface area contributed by atoms with Gasteiger partial charge in [0.15, 0.2) is 0 Å². The van der Waals surface area contributed by atoms with Gasteiger partial charge in [0, 0.05) is 41.6 Å². The van der Waals surface area contributed by atoms with Crippen molar-refractivity contribution in [2.45, 2.75) is 23.8 Å². The molecule has 0 atom stereocenters. The predicted octanol–water partition coefficient (Wildman–Crippen LogP) is 3.00. The van der Waals surface area contributed by atoms with Gasteiger partial charge in [-0.25, -0.2) is 18.4 Å². The molecule has 4 aromatic rings. The van der Waals surface area contributed by atoms with Crippen LogP contribution in [0.1, 0.15) is 24.0 Å². The maximum absolute atomic E-state index is 13.3. The minimum absolute atomic E-state index is 0.0822. The molecule has 3 heterocycles. The fourth-order valence-electron chi connectivity index (χ4n) is 4.48. The van der Waals surface area contributed by atoms with Crippen LogP contribution in [0, 0.1) is 0 Å². The summed E-state index contributed by atoms with van der Waals surface area (Å²) >= 11 is 0. The average molecular weight is 520 g/mol. The zero-order chi connectivity index (χ0) is 25.7. The van der Waals surface area contributed by atoms with Gasteiger partial charge in [0.25, 0.3) is 0 Å². The standard InChI is InChI=1S/C26H29N7O3S/c34-15-14-33(22-10-12-27-13-11-22)37(35,36)23-8-6-21(7-9-23)31-26-28-16-19(17-29-26)4-5-20-2-1-3-25-24(20)18-30-32-25/h1-9,16-18,22,27,34H,10-15H2,(H,30,32)(H,28,29,31). The predicted molar refractivity (Wildman–Crippen MR) is 144 cm³/mol. The molecule has 2 aromatic carbocycles. The molecule has 0 aliphatic carbocycles. The van der Waals surface area contributed by atoms with E-state index in [-0.39, 0.29) is 24.1 Å². The van der Waals surface area contributed by atoms with Crippen LogP contribution in [0.15, 0.2) is 66.0 Å². The summed E-state index contributed by atoms with van der Waals surface area (Å²) in [6, 6.07) is 12.4. The highest BCUT2D eigenvalue weighted by Crippen LogP contribution is 2.24. The monoisotopic (exact) mass is 519 g/mol. The number of piperidine rings is 1. The molecule has 11 heteroatoms. The Labute approximate surface area is 215 Å². The number of aliphatic hydroxyl groups excluding tert-OH is 1. The summed E-state index contributed by atoms with van der Waals surface area (Å²) < 4.78 is 28.0. The third-order valence-electron chi connectivity index (χ3n) is 6.40. The Hall–Kier alpha value is -3.64. The molecule has 0 bridgehead atoms. The number of fused-ring (bicyclic) bond motifs is 1. The first-order valence-corrected chi connectivity index (χ1v) is 13.6. The van der Waals surface area contributed by atoms with Crippen LogP contribution in [0.25, 0.3) is 23.1 Å². The van der Waals surface area contributed by atoms with Gasteiger partial charge >= 0.3 is 0 Å². The van der Waals surface area contributed by atoms with Crippen molar-refractivity contribution < 1.29 is 13.5 Å². The molecule has 2 aromatic heterocycles. The molecule has 0 saturated carbocycles. The topological polar surface area (TPSA) is 136 Å². The minimum atomic E-state index is -3.72. The van der Waals surface area contributed by atoms with Gasteiger partial charge in [-0.2, -0.15) is 9.40 Å². The molecule has 0 amide bonds. The molecular weight excluding hydrogens is 490 g/mol. The van der Waals surface area contributed by atoms with E-state index in [2.05, 4.69) is 30.8 Å². The van der Waals surface area contributed by atoms with Crippen molar-refractivity contribution in [1.29, 1.82) is 0 Å². The number of hydrogen-bond acceptors (Lipinski definition) is 8. The Morgan fingerprint density at radius 1 is 1.03 bits per heavy atom. The molecule has 37 heavy (non-hydrogen) atoms. The molecule has 1 fully saturated rings. The third kappa shape index (κ3) is 5.70. The molecule has 0 spiro atoms. The van der Waals surface area contributed by atoms with E-state index in [4.69, 9.17) is 0 Å². The lowest BCUT2D eigenvalue weighted by Crippen LogP contribution is -2.47. The van der Waals surface area contributed by atoms with Crippen molar-refractivity contribution >= 4 is 44.7 Å². The average Bonchev–Trinajstić information content (AvgIpc) is 3.42. The number of H-pyrrole nitrogens is 1. The summed E-state index contributed by atoms with van der Waals surface area (Å²) in [7, 11) is -3.72. The largest absolute Gasteiger partial charge is 0.395 e. The summed E-state index contributed by atoms with van der Waals surface area (Å²) in [5.74, 6) is 0.404. The highest BCUT2D eigenvalue weighted by atomic mass is 32.2. The van der Waals surface area contributed by atoms with Crippen molar-refractivity contribution in [3.05, 3.63) is 72.2 Å². The molecule has 5 rings (SSSR count). The molecule has 1 aliphatic rings. The van der Waals surface area contributed by atoms with Gasteiger partial charge in [0.05, 0.1) is 23.2 Å². The second-order valence-corrected chi connectivity index (χ2v) is 10.7. The normalized spacial score (nSPS) is 15.1. The molecule has 0 radical (unpaired) electrons. The zero-order valence-electron chi connectivity index (χ0n) is 20.2. The first-order chi connectivity index (χ1) is 18.0. The summed E-state index contributed by atoms with van der Waals surface area (Å²) in [4.78, 5) is 8.94. The zero-order valence-corrected chi connectivity index (χ0v) is 21.0. The van der Waals surface area contributed by atoms with Crippen LogP contribution in [0.3, 0.4) is 0 Å². The number of rotatable bonds is 9. The smallest absolute Gasteiger partial charge is 0.243 e. The first kappa shape index (κ1) is 25.0. The fourth-order valence-corrected chi connectivity index (χ4v) is 6.15. The van der Waals surface area contributed by atoms with Crippen molar-refractivity contribution in [2.24, 2.45) is 0 Å². The maximum Gasteiger partial charge on any atom is 0.243 e. The Morgan fingerprint density at radius 3 is 2.51 bits per heavy atom. The maximum atomic E-state index is 13.3. The molecular formula is C26H29N7O3S. The Morgan fingerprint density at radius 2 is 1.78 bits per heavy atom. The minimum Gasteiger partial charge on any atom is -0.395 e. The Balaban J connectivity index is 1.25. The van der Waals surface area contributed by atoms with Gasteiger partial charge in [-0.05, 0) is 61.8 Å². The van der Waals surface area contributed by atoms with Crippen LogP contribution in [-0.2, 0) is 10.0 Å². The number of aromatic nitrogens is 4. The number of hydrogen-bond donors (Lipinski definition) is 4. The van der Waals surface area contributed by atoms with Crippen LogP contribution in [0.5, 0.6) is 0 Å². The molecule has 1 aliphatic heterocycles.